The molecule has 1 atom stereocenters. The van der Waals surface area contributed by atoms with Gasteiger partial charge in [-0.15, -0.1) is 0 Å². The van der Waals surface area contributed by atoms with Crippen LogP contribution in [0.5, 0.6) is 11.5 Å². The van der Waals surface area contributed by atoms with Crippen molar-refractivity contribution in [3.05, 3.63) is 72.4 Å². The van der Waals surface area contributed by atoms with Gasteiger partial charge in [-0.2, -0.15) is 0 Å². The number of nitrogens with zero attached hydrogens (tertiary/aromatic N) is 4. The molecule has 1 aliphatic carbocycles. The van der Waals surface area contributed by atoms with Crippen LogP contribution in [-0.2, 0) is 9.59 Å². The maximum absolute atomic E-state index is 15.0. The van der Waals surface area contributed by atoms with Crippen molar-refractivity contribution in [1.82, 2.24) is 19.7 Å². The molecule has 2 aromatic carbocycles. The van der Waals surface area contributed by atoms with E-state index in [1.54, 1.807) is 12.1 Å². The van der Waals surface area contributed by atoms with Gasteiger partial charge in [0.05, 0.1) is 5.69 Å². The number of likely N-dealkylation sites (N-methyl/N-ethyl adjacent to an activating group) is 1. The molecule has 4 N–H and O–H groups in total. The van der Waals surface area contributed by atoms with Gasteiger partial charge in [0.25, 0.3) is 0 Å². The minimum absolute atomic E-state index is 0.0881. The highest BCUT2D eigenvalue weighted by molar-refractivity contribution is 6.16. The minimum atomic E-state index is -1.32. The summed E-state index contributed by atoms with van der Waals surface area (Å²) in [6, 6.07) is 13.0. The first-order valence-corrected chi connectivity index (χ1v) is 15.6. The number of pyridine rings is 1. The second-order valence-electron chi connectivity index (χ2n) is 12.2. The Morgan fingerprint density at radius 2 is 1.59 bits per heavy atom. The zero-order chi connectivity index (χ0) is 32.3. The monoisotopic (exact) mass is 635 g/mol. The van der Waals surface area contributed by atoms with E-state index in [1.807, 2.05) is 4.90 Å². The lowest BCUT2D eigenvalue weighted by atomic mass is 10.0. The van der Waals surface area contributed by atoms with Gasteiger partial charge in [-0.1, -0.05) is 0 Å². The van der Waals surface area contributed by atoms with E-state index in [0.717, 1.165) is 58.2 Å². The molecule has 244 valence electrons. The summed E-state index contributed by atoms with van der Waals surface area (Å²) in [5, 5.41) is 19.0. The summed E-state index contributed by atoms with van der Waals surface area (Å²) in [6.07, 6.45) is 3.23. The van der Waals surface area contributed by atoms with E-state index in [1.165, 1.54) is 42.6 Å². The van der Waals surface area contributed by atoms with E-state index in [4.69, 9.17) is 4.74 Å². The van der Waals surface area contributed by atoms with Crippen molar-refractivity contribution in [1.29, 1.82) is 0 Å². The number of carbonyl (C=O) groups excluding carboxylic acids is 2. The molecule has 1 aromatic heterocycles. The first-order chi connectivity index (χ1) is 22.2. The Kier molecular flexibility index (Phi) is 9.45. The number of nitrogens with one attached hydrogen (secondary N) is 3. The Morgan fingerprint density at radius 1 is 0.913 bits per heavy atom. The number of piperidine rings is 1. The summed E-state index contributed by atoms with van der Waals surface area (Å²) in [4.78, 5) is 37.0. The first kappa shape index (κ1) is 31.8. The number of halogens is 2. The van der Waals surface area contributed by atoms with Crippen molar-refractivity contribution in [2.24, 2.45) is 5.41 Å². The van der Waals surface area contributed by atoms with Gasteiger partial charge in [-0.3, -0.25) is 19.4 Å². The van der Waals surface area contributed by atoms with Gasteiger partial charge in [-0.25, -0.2) is 13.8 Å². The summed E-state index contributed by atoms with van der Waals surface area (Å²) in [5.41, 5.74) is -1.04. The van der Waals surface area contributed by atoms with Gasteiger partial charge in [0.15, 0.2) is 6.35 Å². The van der Waals surface area contributed by atoms with Crippen LogP contribution in [0.2, 0.25) is 0 Å². The minimum Gasteiger partial charge on any atom is -0.457 e. The Morgan fingerprint density at radius 3 is 2.26 bits per heavy atom. The van der Waals surface area contributed by atoms with E-state index in [0.29, 0.717) is 36.1 Å². The molecule has 1 unspecified atom stereocenters. The quantitative estimate of drug-likeness (QED) is 0.194. The lowest BCUT2D eigenvalue weighted by Gasteiger charge is -2.43. The van der Waals surface area contributed by atoms with Crippen LogP contribution in [0, 0.1) is 17.0 Å². The smallest absolute Gasteiger partial charge is 0.240 e. The standard InChI is InChI=1S/C33H39F2N7O4/c1-40-16-18-41(19-17-40)24-9-14-42(15-10-24)32(45)39-29-21-26(8-13-36-29)46-25-6-7-28(27(35)20-25)38-31(44)33(11-12-33)30(43)37-23-4-2-22(34)3-5-23/h2-8,13,20-21,24,32,45H,9-12,14-19H2,1H3,(H,36,39)(H,37,43)(H,38,44). The number of hydrogen-bond acceptors (Lipinski definition) is 9. The van der Waals surface area contributed by atoms with Crippen LogP contribution >= 0.6 is 0 Å². The number of ether oxygens (including phenoxy) is 1. The number of amides is 2. The fourth-order valence-electron chi connectivity index (χ4n) is 5.96. The molecule has 11 nitrogen and oxygen atoms in total. The number of benzene rings is 2. The van der Waals surface area contributed by atoms with Gasteiger partial charge in [0.2, 0.25) is 11.8 Å². The van der Waals surface area contributed by atoms with Crippen LogP contribution in [-0.4, -0.2) is 95.3 Å². The van der Waals surface area contributed by atoms with Crippen molar-refractivity contribution in [3.8, 4) is 11.5 Å². The molecule has 3 fully saturated rings. The Labute approximate surface area is 266 Å². The zero-order valence-corrected chi connectivity index (χ0v) is 25.7. The van der Waals surface area contributed by atoms with E-state index in [2.05, 4.69) is 37.8 Å². The van der Waals surface area contributed by atoms with Crippen molar-refractivity contribution < 1.29 is 28.2 Å². The number of rotatable bonds is 10. The van der Waals surface area contributed by atoms with Crippen LogP contribution in [0.25, 0.3) is 0 Å². The molecule has 0 bridgehead atoms. The number of aliphatic hydroxyl groups excluding tert-OH is 1. The molecule has 2 aliphatic heterocycles. The maximum Gasteiger partial charge on any atom is 0.240 e. The predicted octanol–water partition coefficient (Wildman–Crippen LogP) is 3.91. The molecule has 2 amide bonds. The summed E-state index contributed by atoms with van der Waals surface area (Å²) in [5.74, 6) is -1.35. The highest BCUT2D eigenvalue weighted by Gasteiger charge is 2.56. The average Bonchev–Trinajstić information content (AvgIpc) is 3.87. The number of aromatic nitrogens is 1. The molecule has 46 heavy (non-hydrogen) atoms. The van der Waals surface area contributed by atoms with E-state index < -0.39 is 35.2 Å². The molecule has 0 spiro atoms. The van der Waals surface area contributed by atoms with Gasteiger partial charge >= 0.3 is 0 Å². The lowest BCUT2D eigenvalue weighted by molar-refractivity contribution is -0.131. The van der Waals surface area contributed by atoms with E-state index in [-0.39, 0.29) is 11.4 Å². The highest BCUT2D eigenvalue weighted by atomic mass is 19.1. The number of aliphatic hydroxyl groups is 1. The average molecular weight is 636 g/mol. The molecule has 3 aromatic rings. The number of carbonyl (C=O) groups is 2. The van der Waals surface area contributed by atoms with Crippen molar-refractivity contribution in [2.45, 2.75) is 38.1 Å². The van der Waals surface area contributed by atoms with Gasteiger partial charge < -0.3 is 30.7 Å². The third kappa shape index (κ3) is 7.44. The van der Waals surface area contributed by atoms with Crippen LogP contribution in [0.15, 0.2) is 60.8 Å². The molecular weight excluding hydrogens is 596 g/mol. The Bertz CT molecular complexity index is 1540. The molecule has 0 radical (unpaired) electrons. The van der Waals surface area contributed by atoms with Crippen LogP contribution in [0.4, 0.5) is 26.0 Å². The number of piperazine rings is 1. The summed E-state index contributed by atoms with van der Waals surface area (Å²) >= 11 is 0. The maximum atomic E-state index is 15.0. The second kappa shape index (κ2) is 13.7. The normalized spacial score (nSPS) is 19.7. The van der Waals surface area contributed by atoms with Crippen molar-refractivity contribution >= 4 is 29.0 Å². The Balaban J connectivity index is 1.00. The van der Waals surface area contributed by atoms with Gasteiger partial charge in [0, 0.05) is 69.3 Å². The highest BCUT2D eigenvalue weighted by Crippen LogP contribution is 2.47. The predicted molar refractivity (Wildman–Crippen MR) is 169 cm³/mol. The number of likely N-dealkylation sites (tertiary alicyclic amines) is 1. The molecule has 1 saturated carbocycles. The largest absolute Gasteiger partial charge is 0.457 e. The zero-order valence-electron chi connectivity index (χ0n) is 25.7. The second-order valence-corrected chi connectivity index (χ2v) is 12.2. The first-order valence-electron chi connectivity index (χ1n) is 15.6. The van der Waals surface area contributed by atoms with Crippen molar-refractivity contribution in [2.75, 3.05) is 62.3 Å². The van der Waals surface area contributed by atoms with E-state index >= 15 is 4.39 Å². The SMILES string of the molecule is CN1CCN(C2CCN(C(O)Nc3cc(Oc4ccc(NC(=O)C5(C(=O)Nc6ccc(F)cc6)CC5)c(F)c4)ccn3)CC2)CC1. The summed E-state index contributed by atoms with van der Waals surface area (Å²) in [7, 11) is 2.15. The third-order valence-electron chi connectivity index (χ3n) is 9.05. The number of anilines is 3. The topological polar surface area (TPSA) is 122 Å². The molecule has 6 rings (SSSR count). The third-order valence-corrected chi connectivity index (χ3v) is 9.05. The molecule has 3 aliphatic rings. The fraction of sp³-hybridized carbons (Fsp3) is 0.424. The van der Waals surface area contributed by atoms with Gasteiger partial charge in [-0.05, 0) is 75.2 Å². The van der Waals surface area contributed by atoms with Crippen LogP contribution < -0.4 is 20.7 Å². The molecule has 3 heterocycles. The van der Waals surface area contributed by atoms with E-state index in [9.17, 15) is 19.1 Å². The summed E-state index contributed by atoms with van der Waals surface area (Å²) in [6.45, 7) is 5.87. The number of hydrogen-bond donors (Lipinski definition) is 4. The van der Waals surface area contributed by atoms with Crippen molar-refractivity contribution in [3.63, 3.8) is 0 Å². The molecular formula is C33H39F2N7O4. The fourth-order valence-corrected chi connectivity index (χ4v) is 5.96. The van der Waals surface area contributed by atoms with Crippen LogP contribution in [0.1, 0.15) is 25.7 Å². The van der Waals surface area contributed by atoms with Crippen LogP contribution in [0.3, 0.4) is 0 Å². The molecule has 2 saturated heterocycles. The summed E-state index contributed by atoms with van der Waals surface area (Å²) < 4.78 is 34.1. The van der Waals surface area contributed by atoms with Gasteiger partial charge in [0.1, 0.15) is 34.4 Å². The Hall–Kier alpha value is -4.17. The lowest BCUT2D eigenvalue weighted by Crippen LogP contribution is -2.54. The molecule has 13 heteroatoms.